The van der Waals surface area contributed by atoms with Crippen molar-refractivity contribution in [2.24, 2.45) is 0 Å². The van der Waals surface area contributed by atoms with E-state index in [2.05, 4.69) is 59.6 Å². The lowest BCUT2D eigenvalue weighted by molar-refractivity contribution is 0.999. The molecule has 8 rings (SSSR count). The van der Waals surface area contributed by atoms with Crippen LogP contribution in [0.25, 0.3) is 67.8 Å². The molecule has 0 fully saturated rings. The van der Waals surface area contributed by atoms with Gasteiger partial charge in [-0.15, -0.1) is 0 Å². The Morgan fingerprint density at radius 3 is 1.44 bits per heavy atom. The summed E-state index contributed by atoms with van der Waals surface area (Å²) in [5.41, 5.74) is 7.36. The van der Waals surface area contributed by atoms with Gasteiger partial charge in [0, 0.05) is 51.4 Å². The summed E-state index contributed by atoms with van der Waals surface area (Å²) in [5.74, 6) is 3.57. The van der Waals surface area contributed by atoms with Gasteiger partial charge < -0.3 is 0 Å². The van der Waals surface area contributed by atoms with Crippen LogP contribution >= 0.6 is 0 Å². The third kappa shape index (κ3) is 6.13. The van der Waals surface area contributed by atoms with Crippen molar-refractivity contribution in [2.45, 2.75) is 25.7 Å². The van der Waals surface area contributed by atoms with E-state index in [4.69, 9.17) is 29.9 Å². The first-order valence-electron chi connectivity index (χ1n) is 16.2. The summed E-state index contributed by atoms with van der Waals surface area (Å²) >= 11 is 0. The van der Waals surface area contributed by atoms with Crippen LogP contribution in [-0.2, 0) is 0 Å². The van der Waals surface area contributed by atoms with Crippen LogP contribution in [0.2, 0.25) is 0 Å². The van der Waals surface area contributed by atoms with Crippen molar-refractivity contribution in [1.82, 2.24) is 34.9 Å². The summed E-state index contributed by atoms with van der Waals surface area (Å²) in [5, 5.41) is 0. The predicted octanol–water partition coefficient (Wildman–Crippen LogP) is 9.25. The zero-order chi connectivity index (χ0) is 32.1. The number of hydrogen-bond acceptors (Lipinski definition) is 7. The van der Waals surface area contributed by atoms with E-state index in [0.29, 0.717) is 34.9 Å². The highest BCUT2D eigenvalue weighted by molar-refractivity contribution is 5.85. The molecule has 0 N–H and O–H groups in total. The lowest BCUT2D eigenvalue weighted by Crippen LogP contribution is -2.06. The van der Waals surface area contributed by atoms with Crippen LogP contribution in [-0.4, -0.2) is 34.9 Å². The highest BCUT2D eigenvalue weighted by atomic mass is 15.1. The van der Waals surface area contributed by atoms with Crippen molar-refractivity contribution >= 4 is 11.1 Å². The Hall–Kier alpha value is -6.21. The largest absolute Gasteiger partial charge is 0.264 e. The van der Waals surface area contributed by atoms with Gasteiger partial charge in [-0.05, 0) is 49.4 Å². The van der Waals surface area contributed by atoms with E-state index < -0.39 is 0 Å². The lowest BCUT2D eigenvalue weighted by atomic mass is 9.98. The first-order valence-corrected chi connectivity index (χ1v) is 16.2. The van der Waals surface area contributed by atoms with Gasteiger partial charge in [0.1, 0.15) is 0 Å². The minimum atomic E-state index is 0.541. The molecule has 0 radical (unpaired) electrons. The van der Waals surface area contributed by atoms with E-state index >= 15 is 0 Å². The minimum absolute atomic E-state index is 0.541. The monoisotopic (exact) mass is 621 g/mol. The van der Waals surface area contributed by atoms with E-state index in [0.717, 1.165) is 70.2 Å². The number of allylic oxidation sites excluding steroid dienone is 8. The Bertz CT molecular complexity index is 2220. The van der Waals surface area contributed by atoms with Crippen molar-refractivity contribution in [3.05, 3.63) is 151 Å². The van der Waals surface area contributed by atoms with Gasteiger partial charge in [-0.25, -0.2) is 29.9 Å². The molecule has 7 heteroatoms. The van der Waals surface area contributed by atoms with Crippen LogP contribution < -0.4 is 0 Å². The van der Waals surface area contributed by atoms with Gasteiger partial charge in [-0.3, -0.25) is 4.98 Å². The van der Waals surface area contributed by atoms with Crippen LogP contribution in [0.3, 0.4) is 0 Å². The molecule has 0 spiro atoms. The smallest absolute Gasteiger partial charge is 0.164 e. The summed E-state index contributed by atoms with van der Waals surface area (Å²) in [7, 11) is 0. The third-order valence-corrected chi connectivity index (χ3v) is 8.34. The molecule has 6 aromatic rings. The summed E-state index contributed by atoms with van der Waals surface area (Å²) in [6, 6.07) is 30.3. The molecular formula is C41H31N7. The van der Waals surface area contributed by atoms with E-state index in [1.54, 1.807) is 6.20 Å². The predicted molar refractivity (Wildman–Crippen MR) is 191 cm³/mol. The highest BCUT2D eigenvalue weighted by Crippen LogP contribution is 2.36. The van der Waals surface area contributed by atoms with Gasteiger partial charge in [0.05, 0.1) is 0 Å². The van der Waals surface area contributed by atoms with Gasteiger partial charge in [0.2, 0.25) is 0 Å². The number of benzene rings is 3. The average Bonchev–Trinajstić information content (AvgIpc) is 3.19. The lowest BCUT2D eigenvalue weighted by Gasteiger charge is -2.15. The van der Waals surface area contributed by atoms with E-state index in [-0.39, 0.29) is 0 Å². The summed E-state index contributed by atoms with van der Waals surface area (Å²) < 4.78 is 0. The molecule has 230 valence electrons. The van der Waals surface area contributed by atoms with E-state index in [1.165, 1.54) is 0 Å². The number of nitrogens with zero attached hydrogens (tertiary/aromatic N) is 7. The van der Waals surface area contributed by atoms with E-state index in [9.17, 15) is 0 Å². The molecule has 0 amide bonds. The summed E-state index contributed by atoms with van der Waals surface area (Å²) in [4.78, 5) is 34.7. The fourth-order valence-corrected chi connectivity index (χ4v) is 5.88. The maximum absolute atomic E-state index is 5.12. The zero-order valence-corrected chi connectivity index (χ0v) is 26.2. The molecule has 0 aliphatic heterocycles. The average molecular weight is 622 g/mol. The molecule has 0 saturated heterocycles. The fraction of sp³-hybridized carbons (Fsp3) is 0.0976. The Morgan fingerprint density at radius 1 is 0.396 bits per heavy atom. The molecule has 3 aromatic carbocycles. The maximum Gasteiger partial charge on any atom is 0.164 e. The second-order valence-electron chi connectivity index (χ2n) is 11.6. The first kappa shape index (κ1) is 29.2. The molecule has 2 aliphatic rings. The standard InChI is InChI=1S/C41H31N7/c1-5-14-28(15-6-1)36-43-37(29-16-7-2-8-17-29)46-40(45-36)34-24-23-32(33-22-13-25-42-27-33)26-35(34)41-47-38(30-18-9-3-10-19-30)44-39(48-41)31-20-11-4-12-21-31/h1,3,5-7,9-11,13-27H,2,4,8,12H2. The van der Waals surface area contributed by atoms with Crippen molar-refractivity contribution in [2.75, 3.05) is 0 Å². The van der Waals surface area contributed by atoms with Crippen molar-refractivity contribution < 1.29 is 0 Å². The number of pyridine rings is 1. The van der Waals surface area contributed by atoms with Crippen LogP contribution in [0.5, 0.6) is 0 Å². The highest BCUT2D eigenvalue weighted by Gasteiger charge is 2.21. The molecule has 0 bridgehead atoms. The second kappa shape index (κ2) is 13.3. The molecule has 0 atom stereocenters. The van der Waals surface area contributed by atoms with Crippen molar-refractivity contribution in [3.63, 3.8) is 0 Å². The Morgan fingerprint density at radius 2 is 0.917 bits per heavy atom. The molecule has 7 nitrogen and oxygen atoms in total. The quantitative estimate of drug-likeness (QED) is 0.175. The van der Waals surface area contributed by atoms with Gasteiger partial charge in [0.25, 0.3) is 0 Å². The summed E-state index contributed by atoms with van der Waals surface area (Å²) in [6.07, 6.45) is 20.4. The fourth-order valence-electron chi connectivity index (χ4n) is 5.88. The molecule has 3 aromatic heterocycles. The molecule has 2 aliphatic carbocycles. The first-order chi connectivity index (χ1) is 23.8. The Kier molecular flexibility index (Phi) is 8.07. The van der Waals surface area contributed by atoms with E-state index in [1.807, 2.05) is 79.0 Å². The van der Waals surface area contributed by atoms with Gasteiger partial charge >= 0.3 is 0 Å². The van der Waals surface area contributed by atoms with Crippen LogP contribution in [0.15, 0.2) is 140 Å². The molecule has 3 heterocycles. The number of hydrogen-bond donors (Lipinski definition) is 0. The molecule has 0 saturated carbocycles. The van der Waals surface area contributed by atoms with Crippen molar-refractivity contribution in [3.8, 4) is 56.7 Å². The number of rotatable bonds is 7. The second-order valence-corrected chi connectivity index (χ2v) is 11.6. The van der Waals surface area contributed by atoms with Crippen LogP contribution in [0.1, 0.15) is 37.3 Å². The minimum Gasteiger partial charge on any atom is -0.264 e. The topological polar surface area (TPSA) is 90.2 Å². The molecule has 0 unspecified atom stereocenters. The SMILES string of the molecule is C1=CC(c2nc(-c3ccccc3)nc(-c3ccc(-c4cccnc4)cc3-c3nc(C4=CCCC=C4)nc(-c4ccccc4)n3)n2)=CCC1. The Labute approximate surface area is 279 Å². The van der Waals surface area contributed by atoms with Gasteiger partial charge in [-0.2, -0.15) is 0 Å². The maximum atomic E-state index is 5.12. The Balaban J connectivity index is 1.38. The zero-order valence-electron chi connectivity index (χ0n) is 26.2. The van der Waals surface area contributed by atoms with Crippen molar-refractivity contribution in [1.29, 1.82) is 0 Å². The van der Waals surface area contributed by atoms with Crippen LogP contribution in [0.4, 0.5) is 0 Å². The molecule has 48 heavy (non-hydrogen) atoms. The van der Waals surface area contributed by atoms with Gasteiger partial charge in [-0.1, -0.05) is 109 Å². The number of aromatic nitrogens is 7. The van der Waals surface area contributed by atoms with Crippen LogP contribution in [0, 0.1) is 0 Å². The molecular weight excluding hydrogens is 591 g/mol. The van der Waals surface area contributed by atoms with Gasteiger partial charge in [0.15, 0.2) is 34.9 Å². The summed E-state index contributed by atoms with van der Waals surface area (Å²) in [6.45, 7) is 0. The normalized spacial score (nSPS) is 14.0. The third-order valence-electron chi connectivity index (χ3n) is 8.34.